The predicted molar refractivity (Wildman–Crippen MR) is 100 cm³/mol. The highest BCUT2D eigenvalue weighted by Crippen LogP contribution is 2.29. The Morgan fingerprint density at radius 2 is 1.73 bits per heavy atom. The van der Waals surface area contributed by atoms with Gasteiger partial charge in [0.25, 0.3) is 5.91 Å². The average Bonchev–Trinajstić information content (AvgIpc) is 2.63. The first-order chi connectivity index (χ1) is 12.4. The van der Waals surface area contributed by atoms with Gasteiger partial charge in [-0.3, -0.25) is 14.4 Å². The van der Waals surface area contributed by atoms with E-state index in [4.69, 9.17) is 27.9 Å². The third-order valence-electron chi connectivity index (χ3n) is 3.41. The van der Waals surface area contributed by atoms with Gasteiger partial charge in [0.1, 0.15) is 12.0 Å². The number of carbonyl (C=O) groups is 3. The lowest BCUT2D eigenvalue weighted by atomic mass is 10.2. The molecule has 0 aliphatic heterocycles. The molecule has 0 spiro atoms. The molecule has 26 heavy (non-hydrogen) atoms. The third-order valence-corrected chi connectivity index (χ3v) is 4.04. The molecule has 0 radical (unpaired) electrons. The molecule has 1 N–H and O–H groups in total. The summed E-state index contributed by atoms with van der Waals surface area (Å²) in [5, 5.41) is 3.19. The van der Waals surface area contributed by atoms with Crippen LogP contribution in [0.25, 0.3) is 0 Å². The summed E-state index contributed by atoms with van der Waals surface area (Å²) in [5.41, 5.74) is 0.809. The van der Waals surface area contributed by atoms with Crippen molar-refractivity contribution in [1.29, 1.82) is 0 Å². The van der Waals surface area contributed by atoms with Crippen LogP contribution in [-0.4, -0.2) is 43.2 Å². The molecule has 0 aromatic heterocycles. The lowest BCUT2D eigenvalue weighted by Crippen LogP contribution is -2.37. The molecule has 0 aliphatic rings. The summed E-state index contributed by atoms with van der Waals surface area (Å²) in [6, 6.07) is 11.2. The van der Waals surface area contributed by atoms with Crippen LogP contribution in [0, 0.1) is 0 Å². The second-order valence-corrected chi connectivity index (χ2v) is 6.18. The zero-order chi connectivity index (χ0) is 19.1. The zero-order valence-corrected chi connectivity index (χ0v) is 15.4. The Balaban J connectivity index is 1.85. The van der Waals surface area contributed by atoms with Gasteiger partial charge in [-0.1, -0.05) is 29.3 Å². The van der Waals surface area contributed by atoms with Gasteiger partial charge in [0.2, 0.25) is 5.91 Å². The third kappa shape index (κ3) is 5.47. The Morgan fingerprint density at radius 1 is 1.12 bits per heavy atom. The number of carbonyl (C=O) groups excluding carboxylic acids is 3. The molecule has 6 nitrogen and oxygen atoms in total. The number of halogens is 2. The average molecular weight is 395 g/mol. The number of nitrogens with one attached hydrogen (secondary N) is 1. The summed E-state index contributed by atoms with van der Waals surface area (Å²) in [6.45, 7) is -0.426. The van der Waals surface area contributed by atoms with Crippen molar-refractivity contribution < 1.29 is 19.1 Å². The Bertz CT molecular complexity index is 789. The van der Waals surface area contributed by atoms with E-state index in [0.29, 0.717) is 33.3 Å². The molecule has 0 saturated carbocycles. The maximum absolute atomic E-state index is 12.1. The molecule has 0 fully saturated rings. The van der Waals surface area contributed by atoms with Crippen LogP contribution in [0.4, 0.5) is 5.69 Å². The molecule has 136 valence electrons. The maximum Gasteiger partial charge on any atom is 0.260 e. The monoisotopic (exact) mass is 394 g/mol. The van der Waals surface area contributed by atoms with Gasteiger partial charge in [-0.05, 0) is 36.4 Å². The van der Waals surface area contributed by atoms with Crippen molar-refractivity contribution in [3.05, 3.63) is 58.1 Å². The van der Waals surface area contributed by atoms with E-state index >= 15 is 0 Å². The van der Waals surface area contributed by atoms with E-state index in [-0.39, 0.29) is 19.1 Å². The fourth-order valence-corrected chi connectivity index (χ4v) is 2.49. The number of anilines is 1. The summed E-state index contributed by atoms with van der Waals surface area (Å²) in [5.74, 6) is -0.374. The molecule has 0 unspecified atom stereocenters. The molecule has 2 rings (SSSR count). The van der Waals surface area contributed by atoms with Crippen molar-refractivity contribution >= 4 is 47.0 Å². The predicted octanol–water partition coefficient (Wildman–Crippen LogP) is 3.28. The van der Waals surface area contributed by atoms with Crippen LogP contribution in [0.3, 0.4) is 0 Å². The van der Waals surface area contributed by atoms with E-state index in [9.17, 15) is 14.4 Å². The Kier molecular flexibility index (Phi) is 7.00. The molecule has 0 saturated heterocycles. The van der Waals surface area contributed by atoms with E-state index in [1.54, 1.807) is 42.5 Å². The number of aldehydes is 1. The fraction of sp³-hybridized carbons (Fsp3) is 0.167. The first-order valence-electron chi connectivity index (χ1n) is 7.56. The summed E-state index contributed by atoms with van der Waals surface area (Å²) in [4.78, 5) is 36.0. The van der Waals surface area contributed by atoms with E-state index < -0.39 is 5.91 Å². The Morgan fingerprint density at radius 3 is 2.31 bits per heavy atom. The van der Waals surface area contributed by atoms with Crippen LogP contribution in [0.1, 0.15) is 10.4 Å². The molecular weight excluding hydrogens is 379 g/mol. The lowest BCUT2D eigenvalue weighted by Gasteiger charge is -2.17. The second-order valence-electron chi connectivity index (χ2n) is 5.37. The molecule has 0 heterocycles. The normalized spacial score (nSPS) is 10.1. The molecular formula is C18H16Cl2N2O4. The zero-order valence-electron chi connectivity index (χ0n) is 13.9. The number of ether oxygens (including phenoxy) is 1. The van der Waals surface area contributed by atoms with Crippen LogP contribution < -0.4 is 10.1 Å². The summed E-state index contributed by atoms with van der Waals surface area (Å²) in [6.07, 6.45) is 0.715. The minimum Gasteiger partial charge on any atom is -0.484 e. The first-order valence-corrected chi connectivity index (χ1v) is 8.32. The van der Waals surface area contributed by atoms with Crippen molar-refractivity contribution in [2.45, 2.75) is 0 Å². The smallest absolute Gasteiger partial charge is 0.260 e. The molecule has 0 aliphatic carbocycles. The highest BCUT2D eigenvalue weighted by atomic mass is 35.5. The number of hydrogen-bond acceptors (Lipinski definition) is 4. The standard InChI is InChI=1S/C18H16Cl2N2O4/c1-22(9-16(24)21-18-14(19)3-2-4-15(18)20)17(25)11-26-13-7-5-12(10-23)6-8-13/h2-8,10H,9,11H2,1H3,(H,21,24). The minimum atomic E-state index is -0.439. The van der Waals surface area contributed by atoms with Crippen LogP contribution in [-0.2, 0) is 9.59 Å². The number of hydrogen-bond donors (Lipinski definition) is 1. The number of para-hydroxylation sites is 1. The van der Waals surface area contributed by atoms with Gasteiger partial charge < -0.3 is 15.0 Å². The van der Waals surface area contributed by atoms with Gasteiger partial charge >= 0.3 is 0 Å². The SMILES string of the molecule is CN(CC(=O)Nc1c(Cl)cccc1Cl)C(=O)COc1ccc(C=O)cc1. The van der Waals surface area contributed by atoms with Crippen LogP contribution in [0.15, 0.2) is 42.5 Å². The van der Waals surface area contributed by atoms with Crippen LogP contribution in [0.5, 0.6) is 5.75 Å². The molecule has 2 aromatic rings. The minimum absolute atomic E-state index is 0.187. The van der Waals surface area contributed by atoms with E-state index in [1.165, 1.54) is 11.9 Å². The molecule has 2 amide bonds. The topological polar surface area (TPSA) is 75.7 Å². The quantitative estimate of drug-likeness (QED) is 0.731. The number of amides is 2. The van der Waals surface area contributed by atoms with E-state index in [1.807, 2.05) is 0 Å². The summed E-state index contributed by atoms with van der Waals surface area (Å²) < 4.78 is 5.35. The molecule has 2 aromatic carbocycles. The maximum atomic E-state index is 12.1. The lowest BCUT2D eigenvalue weighted by molar-refractivity contribution is -0.135. The number of nitrogens with zero attached hydrogens (tertiary/aromatic N) is 1. The van der Waals surface area contributed by atoms with Gasteiger partial charge in [0, 0.05) is 12.6 Å². The van der Waals surface area contributed by atoms with Gasteiger partial charge in [-0.2, -0.15) is 0 Å². The Hall–Kier alpha value is -2.57. The van der Waals surface area contributed by atoms with Crippen molar-refractivity contribution in [2.24, 2.45) is 0 Å². The summed E-state index contributed by atoms with van der Waals surface area (Å²) in [7, 11) is 1.48. The fourth-order valence-electron chi connectivity index (χ4n) is 2.00. The van der Waals surface area contributed by atoms with E-state index in [0.717, 1.165) is 0 Å². The van der Waals surface area contributed by atoms with Crippen LogP contribution >= 0.6 is 23.2 Å². The summed E-state index contributed by atoms with van der Waals surface area (Å²) >= 11 is 12.0. The number of rotatable bonds is 7. The highest BCUT2D eigenvalue weighted by Gasteiger charge is 2.16. The highest BCUT2D eigenvalue weighted by molar-refractivity contribution is 6.39. The van der Waals surface area contributed by atoms with Gasteiger partial charge in [-0.15, -0.1) is 0 Å². The second kappa shape index (κ2) is 9.22. The largest absolute Gasteiger partial charge is 0.484 e. The number of benzene rings is 2. The van der Waals surface area contributed by atoms with Crippen molar-refractivity contribution in [3.63, 3.8) is 0 Å². The molecule has 0 atom stereocenters. The number of likely N-dealkylation sites (N-methyl/N-ethyl adjacent to an activating group) is 1. The van der Waals surface area contributed by atoms with Crippen molar-refractivity contribution in [1.82, 2.24) is 4.90 Å². The first kappa shape index (κ1) is 19.8. The van der Waals surface area contributed by atoms with Gasteiger partial charge in [-0.25, -0.2) is 0 Å². The van der Waals surface area contributed by atoms with Crippen molar-refractivity contribution in [2.75, 3.05) is 25.5 Å². The van der Waals surface area contributed by atoms with Crippen LogP contribution in [0.2, 0.25) is 10.0 Å². The Labute approximate surface area is 160 Å². The van der Waals surface area contributed by atoms with Gasteiger partial charge in [0.15, 0.2) is 6.61 Å². The molecule has 8 heteroatoms. The van der Waals surface area contributed by atoms with E-state index in [2.05, 4.69) is 5.32 Å². The van der Waals surface area contributed by atoms with Gasteiger partial charge in [0.05, 0.1) is 22.3 Å². The molecule has 0 bridgehead atoms. The van der Waals surface area contributed by atoms with Crippen molar-refractivity contribution in [3.8, 4) is 5.75 Å².